The Morgan fingerprint density at radius 1 is 1.05 bits per heavy atom. The van der Waals surface area contributed by atoms with Crippen LogP contribution in [0.2, 0.25) is 0 Å². The number of hydrogen-bond donors (Lipinski definition) is 1. The maximum absolute atomic E-state index is 6.40. The Balaban J connectivity index is 2.27. The summed E-state index contributed by atoms with van der Waals surface area (Å²) in [7, 11) is 4.39. The molecular weight excluding hydrogens is 258 g/mol. The number of nitrogens with zero attached hydrogens (tertiary/aromatic N) is 2. The maximum atomic E-state index is 6.40. The minimum Gasteiger partial charge on any atom is -0.329 e. The number of hydrogen-bond acceptors (Lipinski definition) is 3. The van der Waals surface area contributed by atoms with Crippen molar-refractivity contribution in [2.45, 2.75) is 71.4 Å². The van der Waals surface area contributed by atoms with Crippen molar-refractivity contribution in [1.82, 2.24) is 9.80 Å². The molecular formula is C18H37N3. The number of nitrogens with two attached hydrogens (primary N) is 1. The van der Waals surface area contributed by atoms with Crippen molar-refractivity contribution in [3.63, 3.8) is 0 Å². The fourth-order valence-electron chi connectivity index (χ4n) is 5.80. The zero-order valence-electron chi connectivity index (χ0n) is 15.2. The largest absolute Gasteiger partial charge is 0.329 e. The Labute approximate surface area is 132 Å². The van der Waals surface area contributed by atoms with Crippen LogP contribution >= 0.6 is 0 Å². The third kappa shape index (κ3) is 3.80. The van der Waals surface area contributed by atoms with Crippen molar-refractivity contribution < 1.29 is 0 Å². The van der Waals surface area contributed by atoms with Crippen molar-refractivity contribution in [1.29, 1.82) is 0 Å². The summed E-state index contributed by atoms with van der Waals surface area (Å²) in [5.74, 6) is 0. The van der Waals surface area contributed by atoms with E-state index in [0.29, 0.717) is 16.9 Å². The van der Waals surface area contributed by atoms with Gasteiger partial charge in [-0.1, -0.05) is 27.7 Å². The molecule has 3 nitrogen and oxygen atoms in total. The van der Waals surface area contributed by atoms with Crippen LogP contribution in [0.3, 0.4) is 0 Å². The topological polar surface area (TPSA) is 32.5 Å². The van der Waals surface area contributed by atoms with Crippen LogP contribution < -0.4 is 5.73 Å². The van der Waals surface area contributed by atoms with E-state index < -0.39 is 0 Å². The molecule has 2 rings (SSSR count). The molecule has 21 heavy (non-hydrogen) atoms. The van der Waals surface area contributed by atoms with Crippen LogP contribution in [0.15, 0.2) is 0 Å². The molecule has 3 heteroatoms. The second-order valence-corrected chi connectivity index (χ2v) is 9.54. The minimum atomic E-state index is 0.211. The van der Waals surface area contributed by atoms with Gasteiger partial charge in [0.25, 0.3) is 0 Å². The van der Waals surface area contributed by atoms with E-state index in [4.69, 9.17) is 5.73 Å². The van der Waals surface area contributed by atoms with Crippen molar-refractivity contribution in [2.24, 2.45) is 16.6 Å². The molecule has 1 aliphatic carbocycles. The average Bonchev–Trinajstić information content (AvgIpc) is 2.72. The first-order valence-electron chi connectivity index (χ1n) is 8.71. The fourth-order valence-corrected chi connectivity index (χ4v) is 5.80. The smallest absolute Gasteiger partial charge is 0.0345 e. The third-order valence-corrected chi connectivity index (χ3v) is 5.51. The van der Waals surface area contributed by atoms with Gasteiger partial charge in [0.1, 0.15) is 0 Å². The molecule has 0 aromatic rings. The second kappa shape index (κ2) is 5.82. The van der Waals surface area contributed by atoms with Gasteiger partial charge in [-0.2, -0.15) is 0 Å². The van der Waals surface area contributed by atoms with Gasteiger partial charge in [-0.05, 0) is 63.6 Å². The van der Waals surface area contributed by atoms with Crippen LogP contribution in [0.5, 0.6) is 0 Å². The molecule has 2 aliphatic rings. The Kier molecular flexibility index (Phi) is 4.78. The molecule has 2 fully saturated rings. The van der Waals surface area contributed by atoms with E-state index in [0.717, 1.165) is 6.54 Å². The lowest BCUT2D eigenvalue weighted by Crippen LogP contribution is -2.63. The molecule has 1 aliphatic heterocycles. The summed E-state index contributed by atoms with van der Waals surface area (Å²) >= 11 is 0. The zero-order chi connectivity index (χ0) is 15.9. The zero-order valence-corrected chi connectivity index (χ0v) is 15.2. The molecule has 0 aromatic carbocycles. The van der Waals surface area contributed by atoms with Gasteiger partial charge in [0.05, 0.1) is 0 Å². The quantitative estimate of drug-likeness (QED) is 0.865. The van der Waals surface area contributed by atoms with Crippen LogP contribution in [0.25, 0.3) is 0 Å². The summed E-state index contributed by atoms with van der Waals surface area (Å²) in [5, 5.41) is 0. The lowest BCUT2D eigenvalue weighted by Gasteiger charge is -2.57. The molecule has 124 valence electrons. The lowest BCUT2D eigenvalue weighted by molar-refractivity contribution is -0.0523. The molecule has 0 radical (unpaired) electrons. The molecule has 0 spiro atoms. The predicted octanol–water partition coefficient (Wildman–Crippen LogP) is 2.95. The highest BCUT2D eigenvalue weighted by atomic mass is 15.3. The Morgan fingerprint density at radius 2 is 1.62 bits per heavy atom. The minimum absolute atomic E-state index is 0.211. The standard InChI is InChI=1S/C18H37N3/c1-16(2)11-17(3,4)13-18(12-16,14-19)21-9-7-8-15(21)10-20(5)6/h15H,7-14,19H2,1-6H3. The van der Waals surface area contributed by atoms with Crippen LogP contribution in [0, 0.1) is 10.8 Å². The number of likely N-dealkylation sites (N-methyl/N-ethyl adjacent to an activating group) is 1. The first-order valence-corrected chi connectivity index (χ1v) is 8.71. The number of rotatable bonds is 4. The molecule has 1 saturated heterocycles. The SMILES string of the molecule is CN(C)CC1CCCN1C1(CN)CC(C)(C)CC(C)(C)C1. The van der Waals surface area contributed by atoms with Crippen LogP contribution in [0.1, 0.15) is 59.8 Å². The monoisotopic (exact) mass is 295 g/mol. The van der Waals surface area contributed by atoms with Gasteiger partial charge < -0.3 is 10.6 Å². The van der Waals surface area contributed by atoms with Gasteiger partial charge in [-0.3, -0.25) is 4.90 Å². The van der Waals surface area contributed by atoms with Crippen LogP contribution in [-0.4, -0.2) is 55.1 Å². The molecule has 1 unspecified atom stereocenters. The first kappa shape index (κ1) is 17.2. The van der Waals surface area contributed by atoms with Crippen molar-refractivity contribution in [3.05, 3.63) is 0 Å². The Morgan fingerprint density at radius 3 is 2.10 bits per heavy atom. The van der Waals surface area contributed by atoms with E-state index in [2.05, 4.69) is 51.6 Å². The highest BCUT2D eigenvalue weighted by Crippen LogP contribution is 2.53. The molecule has 0 bridgehead atoms. The Hall–Kier alpha value is -0.120. The van der Waals surface area contributed by atoms with E-state index in [9.17, 15) is 0 Å². The Bertz CT molecular complexity index is 343. The van der Waals surface area contributed by atoms with Crippen molar-refractivity contribution in [3.8, 4) is 0 Å². The maximum Gasteiger partial charge on any atom is 0.0345 e. The lowest BCUT2D eigenvalue weighted by atomic mass is 9.57. The van der Waals surface area contributed by atoms with E-state index in [1.54, 1.807) is 0 Å². The molecule has 1 saturated carbocycles. The number of likely N-dealkylation sites (tertiary alicyclic amines) is 1. The highest BCUT2D eigenvalue weighted by molar-refractivity contribution is 5.07. The van der Waals surface area contributed by atoms with Gasteiger partial charge in [0.2, 0.25) is 0 Å². The van der Waals surface area contributed by atoms with Gasteiger partial charge in [-0.15, -0.1) is 0 Å². The second-order valence-electron chi connectivity index (χ2n) is 9.54. The molecule has 0 amide bonds. The van der Waals surface area contributed by atoms with E-state index >= 15 is 0 Å². The molecule has 1 atom stereocenters. The van der Waals surface area contributed by atoms with Crippen LogP contribution in [0.4, 0.5) is 0 Å². The van der Waals surface area contributed by atoms with E-state index in [1.165, 1.54) is 45.2 Å². The molecule has 2 N–H and O–H groups in total. The van der Waals surface area contributed by atoms with E-state index in [-0.39, 0.29) is 5.54 Å². The van der Waals surface area contributed by atoms with E-state index in [1.807, 2.05) is 0 Å². The molecule has 0 aromatic heterocycles. The average molecular weight is 296 g/mol. The van der Waals surface area contributed by atoms with Crippen molar-refractivity contribution in [2.75, 3.05) is 33.7 Å². The summed E-state index contributed by atoms with van der Waals surface area (Å²) in [4.78, 5) is 5.14. The van der Waals surface area contributed by atoms with Crippen molar-refractivity contribution >= 4 is 0 Å². The fraction of sp³-hybridized carbons (Fsp3) is 1.00. The highest BCUT2D eigenvalue weighted by Gasteiger charge is 2.51. The van der Waals surface area contributed by atoms with Gasteiger partial charge in [0.15, 0.2) is 0 Å². The predicted molar refractivity (Wildman–Crippen MR) is 91.5 cm³/mol. The summed E-state index contributed by atoms with van der Waals surface area (Å²) in [5.41, 5.74) is 7.40. The summed E-state index contributed by atoms with van der Waals surface area (Å²) in [6.45, 7) is 13.0. The summed E-state index contributed by atoms with van der Waals surface area (Å²) in [6.07, 6.45) is 6.49. The van der Waals surface area contributed by atoms with Gasteiger partial charge in [-0.25, -0.2) is 0 Å². The first-order chi connectivity index (χ1) is 9.59. The van der Waals surface area contributed by atoms with Gasteiger partial charge >= 0.3 is 0 Å². The molecule has 1 heterocycles. The van der Waals surface area contributed by atoms with Gasteiger partial charge in [0, 0.05) is 24.7 Å². The normalized spacial score (nSPS) is 31.7. The summed E-state index contributed by atoms with van der Waals surface area (Å²) in [6, 6.07) is 0.688. The van der Waals surface area contributed by atoms with Crippen LogP contribution in [-0.2, 0) is 0 Å². The third-order valence-electron chi connectivity index (χ3n) is 5.51. The summed E-state index contributed by atoms with van der Waals surface area (Å²) < 4.78 is 0.